The maximum absolute atomic E-state index is 13.0. The van der Waals surface area contributed by atoms with Gasteiger partial charge in [0.2, 0.25) is 5.95 Å². The summed E-state index contributed by atoms with van der Waals surface area (Å²) in [7, 11) is 0. The number of nitrogens with zero attached hydrogens (tertiary/aromatic N) is 4. The van der Waals surface area contributed by atoms with Gasteiger partial charge >= 0.3 is 0 Å². The molecular formula is C19H30N4O3. The third-order valence-electron chi connectivity index (χ3n) is 4.96. The van der Waals surface area contributed by atoms with Gasteiger partial charge in [-0.05, 0) is 25.8 Å². The Morgan fingerprint density at radius 1 is 1.15 bits per heavy atom. The third kappa shape index (κ3) is 4.15. The number of hydrogen-bond donors (Lipinski definition) is 0. The second kappa shape index (κ2) is 8.31. The number of aromatic nitrogens is 2. The standard InChI is InChI=1S/C19H30N4O3/c1-4-8-23(9-5-2)18-20-15(3)14-16(21-18)17(24)22-10-6-19(7-11-22)25-12-13-26-19/h14H,4-13H2,1-3H3. The normalized spacial score (nSPS) is 19.1. The predicted molar refractivity (Wildman–Crippen MR) is 99.3 cm³/mol. The minimum absolute atomic E-state index is 0.0301. The van der Waals surface area contributed by atoms with Crippen LogP contribution < -0.4 is 4.90 Å². The molecule has 2 aliphatic rings. The lowest BCUT2D eigenvalue weighted by molar-refractivity contribution is -0.181. The SMILES string of the molecule is CCCN(CCC)c1nc(C)cc(C(=O)N2CCC3(CC2)OCCO3)n1. The van der Waals surface area contributed by atoms with Gasteiger partial charge in [0.1, 0.15) is 5.69 Å². The zero-order valence-electron chi connectivity index (χ0n) is 16.2. The first-order valence-corrected chi connectivity index (χ1v) is 9.74. The molecule has 0 saturated carbocycles. The van der Waals surface area contributed by atoms with Crippen LogP contribution in [0.4, 0.5) is 5.95 Å². The Labute approximate surface area is 155 Å². The number of piperidine rings is 1. The number of ether oxygens (including phenoxy) is 2. The van der Waals surface area contributed by atoms with E-state index in [1.165, 1.54) is 0 Å². The summed E-state index contributed by atoms with van der Waals surface area (Å²) in [6, 6.07) is 1.79. The van der Waals surface area contributed by atoms with Crippen LogP contribution in [-0.4, -0.2) is 66.0 Å². The predicted octanol–water partition coefficient (Wildman–Crippen LogP) is 2.39. The summed E-state index contributed by atoms with van der Waals surface area (Å²) in [5.41, 5.74) is 1.31. The Balaban J connectivity index is 1.73. The average molecular weight is 362 g/mol. The van der Waals surface area contributed by atoms with E-state index in [1.54, 1.807) is 6.07 Å². The molecule has 0 radical (unpaired) electrons. The molecule has 144 valence electrons. The van der Waals surface area contributed by atoms with Crippen LogP contribution in [0.5, 0.6) is 0 Å². The van der Waals surface area contributed by atoms with Crippen molar-refractivity contribution in [2.45, 2.75) is 52.2 Å². The molecule has 0 unspecified atom stereocenters. The fourth-order valence-corrected chi connectivity index (χ4v) is 3.65. The van der Waals surface area contributed by atoms with Crippen molar-refractivity contribution in [3.8, 4) is 0 Å². The summed E-state index contributed by atoms with van der Waals surface area (Å²) >= 11 is 0. The number of carbonyl (C=O) groups is 1. The molecule has 1 spiro atoms. The number of anilines is 1. The van der Waals surface area contributed by atoms with E-state index in [2.05, 4.69) is 28.7 Å². The summed E-state index contributed by atoms with van der Waals surface area (Å²) in [5, 5.41) is 0. The molecule has 1 aromatic rings. The van der Waals surface area contributed by atoms with E-state index < -0.39 is 5.79 Å². The van der Waals surface area contributed by atoms with Crippen LogP contribution >= 0.6 is 0 Å². The summed E-state index contributed by atoms with van der Waals surface area (Å²) in [4.78, 5) is 26.2. The van der Waals surface area contributed by atoms with Crippen LogP contribution in [0.15, 0.2) is 6.07 Å². The fourth-order valence-electron chi connectivity index (χ4n) is 3.65. The molecule has 1 aromatic heterocycles. The third-order valence-corrected chi connectivity index (χ3v) is 4.96. The molecule has 3 heterocycles. The molecule has 0 aromatic carbocycles. The van der Waals surface area contributed by atoms with Crippen molar-refractivity contribution in [2.75, 3.05) is 44.3 Å². The zero-order chi connectivity index (χ0) is 18.6. The second-order valence-electron chi connectivity index (χ2n) is 7.08. The first-order chi connectivity index (χ1) is 12.6. The van der Waals surface area contributed by atoms with Gasteiger partial charge in [-0.2, -0.15) is 0 Å². The molecule has 2 fully saturated rings. The van der Waals surface area contributed by atoms with Gasteiger partial charge in [-0.3, -0.25) is 4.79 Å². The minimum atomic E-state index is -0.470. The smallest absolute Gasteiger partial charge is 0.272 e. The van der Waals surface area contributed by atoms with Gasteiger partial charge in [-0.1, -0.05) is 13.8 Å². The number of hydrogen-bond acceptors (Lipinski definition) is 6. The zero-order valence-corrected chi connectivity index (χ0v) is 16.2. The van der Waals surface area contributed by atoms with Gasteiger partial charge in [-0.25, -0.2) is 9.97 Å². The van der Waals surface area contributed by atoms with E-state index >= 15 is 0 Å². The van der Waals surface area contributed by atoms with Crippen LogP contribution in [-0.2, 0) is 9.47 Å². The highest BCUT2D eigenvalue weighted by Crippen LogP contribution is 2.31. The average Bonchev–Trinajstić information content (AvgIpc) is 3.09. The van der Waals surface area contributed by atoms with Crippen molar-refractivity contribution in [1.29, 1.82) is 0 Å². The monoisotopic (exact) mass is 362 g/mol. The Morgan fingerprint density at radius 2 is 1.77 bits per heavy atom. The van der Waals surface area contributed by atoms with Crippen LogP contribution in [0.2, 0.25) is 0 Å². The van der Waals surface area contributed by atoms with Crippen LogP contribution in [0.1, 0.15) is 55.7 Å². The molecule has 3 rings (SSSR count). The molecular weight excluding hydrogens is 332 g/mol. The first kappa shape index (κ1) is 19.0. The highest BCUT2D eigenvalue weighted by Gasteiger charge is 2.41. The number of aryl methyl sites for hydroxylation is 1. The van der Waals surface area contributed by atoms with Crippen molar-refractivity contribution in [2.24, 2.45) is 0 Å². The Hall–Kier alpha value is -1.73. The molecule has 0 aliphatic carbocycles. The van der Waals surface area contributed by atoms with E-state index in [9.17, 15) is 4.79 Å². The molecule has 7 heteroatoms. The van der Waals surface area contributed by atoms with Gasteiger partial charge in [0.25, 0.3) is 5.91 Å². The summed E-state index contributed by atoms with van der Waals surface area (Å²) < 4.78 is 11.5. The molecule has 1 amide bonds. The molecule has 0 bridgehead atoms. The van der Waals surface area contributed by atoms with Gasteiger partial charge in [0.15, 0.2) is 5.79 Å². The van der Waals surface area contributed by atoms with Crippen molar-refractivity contribution in [1.82, 2.24) is 14.9 Å². The molecule has 2 saturated heterocycles. The van der Waals surface area contributed by atoms with Gasteiger partial charge in [0.05, 0.1) is 13.2 Å². The second-order valence-corrected chi connectivity index (χ2v) is 7.08. The fraction of sp³-hybridized carbons (Fsp3) is 0.737. The van der Waals surface area contributed by atoms with E-state index in [4.69, 9.17) is 9.47 Å². The lowest BCUT2D eigenvalue weighted by Crippen LogP contribution is -2.47. The van der Waals surface area contributed by atoms with Crippen LogP contribution in [0.25, 0.3) is 0 Å². The Morgan fingerprint density at radius 3 is 2.35 bits per heavy atom. The molecule has 7 nitrogen and oxygen atoms in total. The van der Waals surface area contributed by atoms with Crippen molar-refractivity contribution < 1.29 is 14.3 Å². The van der Waals surface area contributed by atoms with Crippen LogP contribution in [0, 0.1) is 6.92 Å². The number of rotatable bonds is 6. The lowest BCUT2D eigenvalue weighted by Gasteiger charge is -2.37. The van der Waals surface area contributed by atoms with E-state index in [1.807, 2.05) is 11.8 Å². The Bertz CT molecular complexity index is 615. The van der Waals surface area contributed by atoms with Gasteiger partial charge < -0.3 is 19.3 Å². The lowest BCUT2D eigenvalue weighted by atomic mass is 10.0. The summed E-state index contributed by atoms with van der Waals surface area (Å²) in [5.74, 6) is 0.160. The highest BCUT2D eigenvalue weighted by atomic mass is 16.7. The van der Waals surface area contributed by atoms with E-state index in [0.717, 1.165) is 31.6 Å². The summed E-state index contributed by atoms with van der Waals surface area (Å²) in [6.45, 7) is 10.5. The maximum atomic E-state index is 13.0. The first-order valence-electron chi connectivity index (χ1n) is 9.74. The van der Waals surface area contributed by atoms with Crippen LogP contribution in [0.3, 0.4) is 0 Å². The topological polar surface area (TPSA) is 67.8 Å². The van der Waals surface area contributed by atoms with Crippen molar-refractivity contribution in [3.05, 3.63) is 17.5 Å². The minimum Gasteiger partial charge on any atom is -0.347 e. The van der Waals surface area contributed by atoms with Crippen molar-refractivity contribution >= 4 is 11.9 Å². The van der Waals surface area contributed by atoms with Crippen molar-refractivity contribution in [3.63, 3.8) is 0 Å². The molecule has 0 N–H and O–H groups in total. The van der Waals surface area contributed by atoms with Gasteiger partial charge in [-0.15, -0.1) is 0 Å². The van der Waals surface area contributed by atoms with Gasteiger partial charge in [0, 0.05) is 44.7 Å². The number of carbonyl (C=O) groups excluding carboxylic acids is 1. The van der Waals surface area contributed by atoms with E-state index in [-0.39, 0.29) is 5.91 Å². The largest absolute Gasteiger partial charge is 0.347 e. The number of likely N-dealkylation sites (tertiary alicyclic amines) is 1. The number of amides is 1. The summed E-state index contributed by atoms with van der Waals surface area (Å²) in [6.07, 6.45) is 3.48. The molecule has 0 atom stereocenters. The molecule has 2 aliphatic heterocycles. The quantitative estimate of drug-likeness (QED) is 0.774. The Kier molecular flexibility index (Phi) is 6.09. The molecule has 26 heavy (non-hydrogen) atoms. The maximum Gasteiger partial charge on any atom is 0.272 e. The van der Waals surface area contributed by atoms with E-state index in [0.29, 0.717) is 50.8 Å². The highest BCUT2D eigenvalue weighted by molar-refractivity contribution is 5.92.